The number of aryl methyl sites for hydroxylation is 4. The third-order valence-electron chi connectivity index (χ3n) is 10.6. The largest absolute Gasteiger partial charge is 0.310 e. The molecule has 0 aliphatic rings. The Bertz CT molecular complexity index is 2510. The fourth-order valence-corrected chi connectivity index (χ4v) is 8.20. The first kappa shape index (κ1) is 33.5. The highest BCUT2D eigenvalue weighted by molar-refractivity contribution is 6.29. The molecular formula is C50H48N2. The van der Waals surface area contributed by atoms with E-state index in [0.29, 0.717) is 11.8 Å². The van der Waals surface area contributed by atoms with Crippen LogP contribution in [0.3, 0.4) is 0 Å². The molecule has 8 aromatic carbocycles. The van der Waals surface area contributed by atoms with Crippen molar-refractivity contribution in [3.63, 3.8) is 0 Å². The van der Waals surface area contributed by atoms with Crippen molar-refractivity contribution in [1.29, 1.82) is 0 Å². The highest BCUT2D eigenvalue weighted by atomic mass is 15.2. The Kier molecular flexibility index (Phi) is 8.50. The highest BCUT2D eigenvalue weighted by Crippen LogP contribution is 2.49. The molecule has 0 aliphatic heterocycles. The Morgan fingerprint density at radius 3 is 1.31 bits per heavy atom. The maximum atomic E-state index is 2.46. The molecule has 0 fully saturated rings. The lowest BCUT2D eigenvalue weighted by molar-refractivity contribution is 0.866. The Hall–Kier alpha value is -5.60. The molecule has 0 amide bonds. The average molecular weight is 677 g/mol. The second-order valence-electron chi connectivity index (χ2n) is 15.5. The predicted octanol–water partition coefficient (Wildman–Crippen LogP) is 15.0. The van der Waals surface area contributed by atoms with Gasteiger partial charge >= 0.3 is 0 Å². The van der Waals surface area contributed by atoms with Gasteiger partial charge in [0.15, 0.2) is 0 Å². The number of hydrogen-bond acceptors (Lipinski definition) is 2. The van der Waals surface area contributed by atoms with Crippen molar-refractivity contribution < 1.29 is 0 Å². The first-order chi connectivity index (χ1) is 25.0. The Morgan fingerprint density at radius 2 is 0.808 bits per heavy atom. The van der Waals surface area contributed by atoms with Crippen LogP contribution in [0.25, 0.3) is 32.3 Å². The summed E-state index contributed by atoms with van der Waals surface area (Å²) in [5, 5.41) is 7.60. The van der Waals surface area contributed by atoms with Gasteiger partial charge in [0.1, 0.15) is 0 Å². The van der Waals surface area contributed by atoms with Gasteiger partial charge in [-0.1, -0.05) is 100 Å². The smallest absolute Gasteiger partial charge is 0.0546 e. The van der Waals surface area contributed by atoms with Crippen molar-refractivity contribution in [3.05, 3.63) is 167 Å². The summed E-state index contributed by atoms with van der Waals surface area (Å²) >= 11 is 0. The van der Waals surface area contributed by atoms with E-state index < -0.39 is 0 Å². The van der Waals surface area contributed by atoms with Gasteiger partial charge in [-0.15, -0.1) is 0 Å². The Balaban J connectivity index is 1.40. The number of hydrogen-bond donors (Lipinski definition) is 0. The molecule has 0 radical (unpaired) electrons. The molecule has 0 aliphatic carbocycles. The number of nitrogens with zero attached hydrogens (tertiary/aromatic N) is 2. The van der Waals surface area contributed by atoms with Crippen LogP contribution in [0.2, 0.25) is 0 Å². The van der Waals surface area contributed by atoms with Crippen LogP contribution in [0.1, 0.15) is 72.9 Å². The second kappa shape index (κ2) is 13.2. The fraction of sp³-hybridized carbons (Fsp3) is 0.200. The summed E-state index contributed by atoms with van der Waals surface area (Å²) in [7, 11) is 0. The van der Waals surface area contributed by atoms with Crippen molar-refractivity contribution in [2.75, 3.05) is 9.80 Å². The van der Waals surface area contributed by atoms with E-state index in [4.69, 9.17) is 0 Å². The molecule has 0 bridgehead atoms. The first-order valence-corrected chi connectivity index (χ1v) is 18.7. The lowest BCUT2D eigenvalue weighted by Crippen LogP contribution is -2.12. The zero-order valence-electron chi connectivity index (χ0n) is 31.8. The monoisotopic (exact) mass is 676 g/mol. The molecule has 0 heterocycles. The van der Waals surface area contributed by atoms with Crippen molar-refractivity contribution >= 4 is 66.4 Å². The van der Waals surface area contributed by atoms with Crippen molar-refractivity contribution in [3.8, 4) is 0 Å². The van der Waals surface area contributed by atoms with E-state index in [1.165, 1.54) is 88.4 Å². The second-order valence-corrected chi connectivity index (χ2v) is 15.5. The van der Waals surface area contributed by atoms with Gasteiger partial charge in [0.2, 0.25) is 0 Å². The highest BCUT2D eigenvalue weighted by Gasteiger charge is 2.23. The number of anilines is 6. The Labute approximate surface area is 309 Å². The minimum absolute atomic E-state index is 0.474. The predicted molar refractivity (Wildman–Crippen MR) is 227 cm³/mol. The molecule has 0 spiro atoms. The average Bonchev–Trinajstić information content (AvgIpc) is 3.11. The summed E-state index contributed by atoms with van der Waals surface area (Å²) in [4.78, 5) is 4.92. The van der Waals surface area contributed by atoms with E-state index >= 15 is 0 Å². The van der Waals surface area contributed by atoms with Crippen LogP contribution in [-0.4, -0.2) is 0 Å². The third kappa shape index (κ3) is 5.97. The van der Waals surface area contributed by atoms with Gasteiger partial charge in [0.25, 0.3) is 0 Å². The normalized spacial score (nSPS) is 11.8. The van der Waals surface area contributed by atoms with Gasteiger partial charge in [0.05, 0.1) is 11.4 Å². The Morgan fingerprint density at radius 1 is 0.365 bits per heavy atom. The van der Waals surface area contributed by atoms with Crippen molar-refractivity contribution in [2.24, 2.45) is 0 Å². The van der Waals surface area contributed by atoms with E-state index in [9.17, 15) is 0 Å². The summed E-state index contributed by atoms with van der Waals surface area (Å²) in [6, 6.07) is 50.6. The first-order valence-electron chi connectivity index (χ1n) is 18.7. The lowest BCUT2D eigenvalue weighted by Gasteiger charge is -2.31. The molecule has 8 aromatic rings. The van der Waals surface area contributed by atoms with Crippen LogP contribution in [0.15, 0.2) is 133 Å². The van der Waals surface area contributed by atoms with Crippen molar-refractivity contribution in [1.82, 2.24) is 0 Å². The van der Waals surface area contributed by atoms with Gasteiger partial charge < -0.3 is 9.80 Å². The maximum Gasteiger partial charge on any atom is 0.0546 e. The topological polar surface area (TPSA) is 6.48 Å². The molecule has 8 rings (SSSR count). The minimum Gasteiger partial charge on any atom is -0.310 e. The SMILES string of the molecule is Cc1cc(C)cc(N(c2ccc(C(C)C)cc2)c2cc3ccc(N(c4ccc(C(C)C)cc4)c4cc(C)cc(C)c4)c4ccc5cccc2c5c34)c1. The summed E-state index contributed by atoms with van der Waals surface area (Å²) in [5.74, 6) is 0.949. The zero-order chi connectivity index (χ0) is 36.3. The molecule has 0 aromatic heterocycles. The summed E-state index contributed by atoms with van der Waals surface area (Å²) < 4.78 is 0. The van der Waals surface area contributed by atoms with E-state index in [1.54, 1.807) is 0 Å². The number of rotatable bonds is 8. The zero-order valence-corrected chi connectivity index (χ0v) is 31.8. The molecule has 0 saturated heterocycles. The van der Waals surface area contributed by atoms with Gasteiger partial charge in [-0.25, -0.2) is 0 Å². The summed E-state index contributed by atoms with van der Waals surface area (Å²) in [6.07, 6.45) is 0. The van der Waals surface area contributed by atoms with Crippen molar-refractivity contribution in [2.45, 2.75) is 67.2 Å². The maximum absolute atomic E-state index is 2.46. The lowest BCUT2D eigenvalue weighted by atomic mass is 9.91. The quantitative estimate of drug-likeness (QED) is 0.148. The van der Waals surface area contributed by atoms with E-state index in [2.05, 4.69) is 199 Å². The summed E-state index contributed by atoms with van der Waals surface area (Å²) in [6.45, 7) is 17.8. The van der Waals surface area contributed by atoms with E-state index in [-0.39, 0.29) is 0 Å². The molecule has 2 nitrogen and oxygen atoms in total. The van der Waals surface area contributed by atoms with Crippen LogP contribution in [0.5, 0.6) is 0 Å². The number of benzene rings is 8. The van der Waals surface area contributed by atoms with Crippen LogP contribution in [-0.2, 0) is 0 Å². The van der Waals surface area contributed by atoms with Crippen LogP contribution in [0, 0.1) is 27.7 Å². The molecular weight excluding hydrogens is 629 g/mol. The molecule has 52 heavy (non-hydrogen) atoms. The van der Waals surface area contributed by atoms with Crippen LogP contribution < -0.4 is 9.80 Å². The molecule has 0 unspecified atom stereocenters. The van der Waals surface area contributed by atoms with Crippen LogP contribution in [0.4, 0.5) is 34.1 Å². The molecule has 0 atom stereocenters. The van der Waals surface area contributed by atoms with E-state index in [1.807, 2.05) is 0 Å². The van der Waals surface area contributed by atoms with Gasteiger partial charge in [-0.2, -0.15) is 0 Å². The third-order valence-corrected chi connectivity index (χ3v) is 10.6. The fourth-order valence-electron chi connectivity index (χ4n) is 8.20. The van der Waals surface area contributed by atoms with Crippen LogP contribution >= 0.6 is 0 Å². The molecule has 0 N–H and O–H groups in total. The standard InChI is InChI=1S/C50H48N2/c1-31(2)37-12-18-41(19-13-37)51(43-26-33(5)24-34(6)27-43)47-23-17-40-30-48(45-11-9-10-39-16-22-46(47)50(40)49(39)45)52(44-28-35(7)25-36(8)29-44)42-20-14-38(15-21-42)32(3)4/h9-32H,1-8H3. The summed E-state index contributed by atoms with van der Waals surface area (Å²) in [5.41, 5.74) is 14.8. The van der Waals surface area contributed by atoms with E-state index in [0.717, 1.165) is 11.4 Å². The molecule has 258 valence electrons. The van der Waals surface area contributed by atoms with Gasteiger partial charge in [0, 0.05) is 33.5 Å². The minimum atomic E-state index is 0.474. The van der Waals surface area contributed by atoms with Gasteiger partial charge in [-0.05, 0) is 155 Å². The molecule has 2 heteroatoms. The molecule has 0 saturated carbocycles. The van der Waals surface area contributed by atoms with Gasteiger partial charge in [-0.3, -0.25) is 0 Å².